The van der Waals surface area contributed by atoms with Crippen molar-refractivity contribution in [3.05, 3.63) is 76.4 Å². The summed E-state index contributed by atoms with van der Waals surface area (Å²) in [6, 6.07) is 11.3. The number of nitrogens with two attached hydrogens (primary N) is 1. The number of carbonyl (C=O) groups excluding carboxylic acids is 1. The summed E-state index contributed by atoms with van der Waals surface area (Å²) in [6.45, 7) is 5.54. The Morgan fingerprint density at radius 2 is 1.79 bits per heavy atom. The SMILES string of the molecule is CC(Oc1cc(-c2ccc(C(=O)N3CCCC3CN3CCCC3)cc2)cnc1N)c1c(F)ccc(F)c1Cl. The van der Waals surface area contributed by atoms with Gasteiger partial charge in [0.25, 0.3) is 5.91 Å². The van der Waals surface area contributed by atoms with Crippen molar-refractivity contribution in [2.24, 2.45) is 0 Å². The molecule has 2 N–H and O–H groups in total. The van der Waals surface area contributed by atoms with E-state index in [2.05, 4.69) is 9.88 Å². The van der Waals surface area contributed by atoms with E-state index in [4.69, 9.17) is 22.1 Å². The normalized spacial score (nSPS) is 18.6. The Morgan fingerprint density at radius 1 is 1.08 bits per heavy atom. The summed E-state index contributed by atoms with van der Waals surface area (Å²) in [5, 5.41) is -0.332. The van der Waals surface area contributed by atoms with Crippen LogP contribution in [0.5, 0.6) is 5.75 Å². The van der Waals surface area contributed by atoms with Crippen molar-refractivity contribution in [1.29, 1.82) is 0 Å². The van der Waals surface area contributed by atoms with Crippen LogP contribution in [0.1, 0.15) is 54.6 Å². The van der Waals surface area contributed by atoms with Crippen LogP contribution in [0.2, 0.25) is 5.02 Å². The van der Waals surface area contributed by atoms with E-state index in [-0.39, 0.29) is 34.1 Å². The molecule has 3 heterocycles. The van der Waals surface area contributed by atoms with Crippen LogP contribution in [0.15, 0.2) is 48.7 Å². The first-order chi connectivity index (χ1) is 18.3. The van der Waals surface area contributed by atoms with Gasteiger partial charge in [0.15, 0.2) is 11.6 Å². The molecule has 2 unspecified atom stereocenters. The zero-order valence-corrected chi connectivity index (χ0v) is 22.1. The van der Waals surface area contributed by atoms with Gasteiger partial charge in [-0.2, -0.15) is 0 Å². The number of nitrogen functional groups attached to an aromatic ring is 1. The van der Waals surface area contributed by atoms with Crippen molar-refractivity contribution in [2.45, 2.75) is 44.8 Å². The average Bonchev–Trinajstić information content (AvgIpc) is 3.60. The third kappa shape index (κ3) is 5.47. The van der Waals surface area contributed by atoms with Gasteiger partial charge in [0.2, 0.25) is 0 Å². The van der Waals surface area contributed by atoms with Gasteiger partial charge < -0.3 is 20.3 Å². The molecule has 0 saturated carbocycles. The second-order valence-electron chi connectivity index (χ2n) is 10.0. The molecule has 9 heteroatoms. The molecule has 2 aliphatic rings. The van der Waals surface area contributed by atoms with E-state index in [0.717, 1.165) is 56.7 Å². The summed E-state index contributed by atoms with van der Waals surface area (Å²) in [6.07, 6.45) is 5.25. The van der Waals surface area contributed by atoms with E-state index in [9.17, 15) is 13.6 Å². The van der Waals surface area contributed by atoms with E-state index in [0.29, 0.717) is 11.1 Å². The number of halogens is 3. The first kappa shape index (κ1) is 26.4. The molecule has 5 rings (SSSR count). The van der Waals surface area contributed by atoms with Crippen molar-refractivity contribution >= 4 is 23.3 Å². The highest BCUT2D eigenvalue weighted by Gasteiger charge is 2.31. The lowest BCUT2D eigenvalue weighted by Crippen LogP contribution is -2.42. The molecule has 1 aromatic heterocycles. The third-order valence-electron chi connectivity index (χ3n) is 7.44. The van der Waals surface area contributed by atoms with Gasteiger partial charge in [0.1, 0.15) is 17.7 Å². The number of benzene rings is 2. The third-order valence-corrected chi connectivity index (χ3v) is 7.83. The zero-order chi connectivity index (χ0) is 26.8. The van der Waals surface area contributed by atoms with Gasteiger partial charge >= 0.3 is 0 Å². The maximum Gasteiger partial charge on any atom is 0.254 e. The minimum absolute atomic E-state index is 0.0560. The summed E-state index contributed by atoms with van der Waals surface area (Å²) in [4.78, 5) is 22.0. The number of rotatable bonds is 7. The molecule has 1 amide bonds. The van der Waals surface area contributed by atoms with Crippen molar-refractivity contribution in [2.75, 3.05) is 31.9 Å². The summed E-state index contributed by atoms with van der Waals surface area (Å²) in [5.74, 6) is -1.02. The van der Waals surface area contributed by atoms with E-state index in [1.165, 1.54) is 12.8 Å². The van der Waals surface area contributed by atoms with Crippen LogP contribution in [0.3, 0.4) is 0 Å². The smallest absolute Gasteiger partial charge is 0.254 e. The number of hydrogen-bond acceptors (Lipinski definition) is 5. The second-order valence-corrected chi connectivity index (χ2v) is 10.4. The molecule has 2 fully saturated rings. The number of hydrogen-bond donors (Lipinski definition) is 1. The number of nitrogens with zero attached hydrogens (tertiary/aromatic N) is 3. The largest absolute Gasteiger partial charge is 0.482 e. The van der Waals surface area contributed by atoms with Gasteiger partial charge in [-0.3, -0.25) is 4.79 Å². The van der Waals surface area contributed by atoms with E-state index >= 15 is 0 Å². The van der Waals surface area contributed by atoms with Crippen molar-refractivity contribution < 1.29 is 18.3 Å². The number of anilines is 1. The van der Waals surface area contributed by atoms with Gasteiger partial charge in [-0.15, -0.1) is 0 Å². The van der Waals surface area contributed by atoms with Crippen LogP contribution >= 0.6 is 11.6 Å². The van der Waals surface area contributed by atoms with Gasteiger partial charge in [-0.05, 0) is 81.6 Å². The second kappa shape index (κ2) is 11.3. The number of aromatic nitrogens is 1. The predicted molar refractivity (Wildman–Crippen MR) is 144 cm³/mol. The number of ether oxygens (including phenoxy) is 1. The maximum atomic E-state index is 14.4. The first-order valence-electron chi connectivity index (χ1n) is 13.0. The summed E-state index contributed by atoms with van der Waals surface area (Å²) < 4.78 is 34.1. The predicted octanol–water partition coefficient (Wildman–Crippen LogP) is 6.10. The Hall–Kier alpha value is -3.23. The van der Waals surface area contributed by atoms with Crippen molar-refractivity contribution in [3.8, 4) is 16.9 Å². The van der Waals surface area contributed by atoms with Crippen molar-refractivity contribution in [1.82, 2.24) is 14.8 Å². The lowest BCUT2D eigenvalue weighted by molar-refractivity contribution is 0.0709. The monoisotopic (exact) mass is 540 g/mol. The standard InChI is InChI=1S/C29H31ClF2N4O2/c1-18(26-23(31)10-11-24(32)27(26)30)38-25-15-21(16-34-28(25)33)19-6-8-20(9-7-19)29(37)36-14-4-5-22(36)17-35-12-2-3-13-35/h6-11,15-16,18,22H,2-5,12-14,17H2,1H3,(H2,33,34). The molecular formula is C29H31ClF2N4O2. The Kier molecular flexibility index (Phi) is 7.81. The molecule has 2 atom stereocenters. The fourth-order valence-electron chi connectivity index (χ4n) is 5.40. The van der Waals surface area contributed by atoms with Crippen LogP contribution in [0, 0.1) is 11.6 Å². The van der Waals surface area contributed by atoms with Gasteiger partial charge in [0, 0.05) is 42.0 Å². The molecular weight excluding hydrogens is 510 g/mol. The van der Waals surface area contributed by atoms with Gasteiger partial charge in [-0.25, -0.2) is 13.8 Å². The van der Waals surface area contributed by atoms with Crippen LogP contribution in [-0.2, 0) is 0 Å². The molecule has 0 aliphatic carbocycles. The van der Waals surface area contributed by atoms with Crippen LogP contribution in [0.25, 0.3) is 11.1 Å². The van der Waals surface area contributed by atoms with E-state index < -0.39 is 17.7 Å². The molecule has 0 bridgehead atoms. The van der Waals surface area contributed by atoms with Gasteiger partial charge in [0.05, 0.1) is 5.02 Å². The topological polar surface area (TPSA) is 71.7 Å². The minimum Gasteiger partial charge on any atom is -0.482 e. The molecule has 0 spiro atoms. The average molecular weight is 541 g/mol. The van der Waals surface area contributed by atoms with Gasteiger partial charge in [-0.1, -0.05) is 23.7 Å². The van der Waals surface area contributed by atoms with Crippen LogP contribution in [0.4, 0.5) is 14.6 Å². The quantitative estimate of drug-likeness (QED) is 0.366. The molecule has 6 nitrogen and oxygen atoms in total. The summed E-state index contributed by atoms with van der Waals surface area (Å²) in [7, 11) is 0. The van der Waals surface area contributed by atoms with Crippen LogP contribution < -0.4 is 10.5 Å². The summed E-state index contributed by atoms with van der Waals surface area (Å²) in [5.41, 5.74) is 8.09. The van der Waals surface area contributed by atoms with E-state index in [1.54, 1.807) is 19.2 Å². The van der Waals surface area contributed by atoms with Crippen molar-refractivity contribution in [3.63, 3.8) is 0 Å². The summed E-state index contributed by atoms with van der Waals surface area (Å²) >= 11 is 5.99. The lowest BCUT2D eigenvalue weighted by Gasteiger charge is -2.28. The molecule has 200 valence electrons. The Bertz CT molecular complexity index is 1310. The fraction of sp³-hybridized carbons (Fsp3) is 0.379. The highest BCUT2D eigenvalue weighted by molar-refractivity contribution is 6.31. The molecule has 2 aromatic carbocycles. The Balaban J connectivity index is 1.31. The highest BCUT2D eigenvalue weighted by atomic mass is 35.5. The zero-order valence-electron chi connectivity index (χ0n) is 21.3. The fourth-order valence-corrected chi connectivity index (χ4v) is 5.71. The molecule has 0 radical (unpaired) electrons. The number of amides is 1. The first-order valence-corrected chi connectivity index (χ1v) is 13.4. The molecule has 38 heavy (non-hydrogen) atoms. The van der Waals surface area contributed by atoms with Crippen LogP contribution in [-0.4, -0.2) is 52.9 Å². The number of pyridine rings is 1. The maximum absolute atomic E-state index is 14.4. The molecule has 2 saturated heterocycles. The number of carbonyl (C=O) groups is 1. The minimum atomic E-state index is -0.911. The van der Waals surface area contributed by atoms with E-state index in [1.807, 2.05) is 29.2 Å². The number of likely N-dealkylation sites (tertiary alicyclic amines) is 2. The highest BCUT2D eigenvalue weighted by Crippen LogP contribution is 2.35. The molecule has 3 aromatic rings. The molecule has 2 aliphatic heterocycles. The lowest BCUT2D eigenvalue weighted by atomic mass is 10.0. The Morgan fingerprint density at radius 3 is 2.53 bits per heavy atom. The Labute approximate surface area is 226 Å².